The van der Waals surface area contributed by atoms with E-state index in [9.17, 15) is 0 Å². The van der Waals surface area contributed by atoms with Gasteiger partial charge in [-0.2, -0.15) is 5.56 Å². The van der Waals surface area contributed by atoms with Crippen molar-refractivity contribution in [2.45, 2.75) is 6.92 Å². The molecule has 0 aliphatic carbocycles. The smallest absolute Gasteiger partial charge is 0 e. The molecule has 0 bridgehead atoms. The van der Waals surface area contributed by atoms with E-state index in [1.807, 2.05) is 19.1 Å². The van der Waals surface area contributed by atoms with Crippen LogP contribution >= 0.6 is 0 Å². The summed E-state index contributed by atoms with van der Waals surface area (Å²) < 4.78 is 0. The molecule has 1 aromatic carbocycles. The minimum atomic E-state index is 0. The molecule has 1 rings (SSSR count). The first-order valence-corrected chi connectivity index (χ1v) is 2.86. The Morgan fingerprint density at radius 1 is 1.36 bits per heavy atom. The number of hydrogen-bond donors (Lipinski definition) is 0. The van der Waals surface area contributed by atoms with Crippen molar-refractivity contribution in [3.05, 3.63) is 48.7 Å². The molecule has 0 saturated heterocycles. The molecule has 0 heterocycles. The largest absolute Gasteiger partial charge is 0.480 e. The molecular formula is C9H9WY-3. The first-order valence-electron chi connectivity index (χ1n) is 2.86. The maximum absolute atomic E-state index is 3.79. The van der Waals surface area contributed by atoms with E-state index in [0.29, 0.717) is 0 Å². The number of hydrogen-bond acceptors (Lipinski definition) is 0. The zero-order valence-electron chi connectivity index (χ0n) is 6.55. The number of aryl methyl sites for hydroxylation is 1. The molecule has 0 aromatic heterocycles. The Morgan fingerprint density at radius 2 is 1.91 bits per heavy atom. The van der Waals surface area contributed by atoms with Crippen LogP contribution in [0.5, 0.6) is 0 Å². The standard InChI is InChI=1S/C9H9.W.Y/c1-7-4-5-8(2)9(3)6-7;;/h4,6H,2-3H2,1H3;;/q-3;;. The Hall–Kier alpha value is 0.752. The second-order valence-electron chi connectivity index (χ2n) is 2.18. The average Bonchev–Trinajstić information content (AvgIpc) is 1.80. The zero-order chi connectivity index (χ0) is 6.85. The summed E-state index contributed by atoms with van der Waals surface area (Å²) in [5.41, 5.74) is 3.04. The summed E-state index contributed by atoms with van der Waals surface area (Å²) in [4.78, 5) is 0. The fraction of sp³-hybridized carbons (Fsp3) is 0.111. The molecule has 0 aliphatic rings. The molecule has 0 nitrogen and oxygen atoms in total. The van der Waals surface area contributed by atoms with Gasteiger partial charge in [-0.1, -0.05) is 6.92 Å². The van der Waals surface area contributed by atoms with Crippen LogP contribution in [0.3, 0.4) is 0 Å². The third-order valence-corrected chi connectivity index (χ3v) is 1.26. The van der Waals surface area contributed by atoms with Gasteiger partial charge in [0.05, 0.1) is 0 Å². The maximum Gasteiger partial charge on any atom is 0 e. The summed E-state index contributed by atoms with van der Waals surface area (Å²) in [6.07, 6.45) is 0. The van der Waals surface area contributed by atoms with Crippen LogP contribution in [0.15, 0.2) is 12.1 Å². The minimum absolute atomic E-state index is 0. The Kier molecular flexibility index (Phi) is 8.17. The van der Waals surface area contributed by atoms with Gasteiger partial charge in [0.1, 0.15) is 0 Å². The molecule has 1 aromatic rings. The molecule has 1 radical (unpaired) electrons. The minimum Gasteiger partial charge on any atom is -0.480 e. The van der Waals surface area contributed by atoms with Gasteiger partial charge in [0.25, 0.3) is 0 Å². The molecule has 0 fully saturated rings. The van der Waals surface area contributed by atoms with Gasteiger partial charge in [0.2, 0.25) is 0 Å². The normalized spacial score (nSPS) is 7.73. The van der Waals surface area contributed by atoms with Crippen LogP contribution in [-0.4, -0.2) is 0 Å². The maximum atomic E-state index is 3.79. The van der Waals surface area contributed by atoms with E-state index in [2.05, 4.69) is 19.9 Å². The Balaban J connectivity index is 0. The van der Waals surface area contributed by atoms with Gasteiger partial charge < -0.3 is 31.0 Å². The van der Waals surface area contributed by atoms with Crippen molar-refractivity contribution < 1.29 is 53.8 Å². The van der Waals surface area contributed by atoms with E-state index in [-0.39, 0.29) is 53.8 Å². The molecule has 0 amide bonds. The molecule has 0 atom stereocenters. The van der Waals surface area contributed by atoms with Crippen molar-refractivity contribution in [3.8, 4) is 0 Å². The van der Waals surface area contributed by atoms with Crippen molar-refractivity contribution in [1.82, 2.24) is 0 Å². The molecule has 11 heavy (non-hydrogen) atoms. The van der Waals surface area contributed by atoms with Crippen LogP contribution in [0.4, 0.5) is 0 Å². The third kappa shape index (κ3) is 4.35. The molecule has 0 spiro atoms. The summed E-state index contributed by atoms with van der Waals surface area (Å²) in [5, 5.41) is 0. The van der Waals surface area contributed by atoms with Crippen LogP contribution in [0.25, 0.3) is 0 Å². The molecule has 0 N–H and O–H groups in total. The van der Waals surface area contributed by atoms with E-state index < -0.39 is 0 Å². The molecule has 57 valence electrons. The first kappa shape index (κ1) is 14.3. The van der Waals surface area contributed by atoms with Gasteiger partial charge in [-0.25, -0.2) is 6.07 Å². The summed E-state index contributed by atoms with van der Waals surface area (Å²) in [6.45, 7) is 9.55. The Labute approximate surface area is 108 Å². The van der Waals surface area contributed by atoms with Crippen LogP contribution < -0.4 is 0 Å². The van der Waals surface area contributed by atoms with Crippen molar-refractivity contribution in [2.75, 3.05) is 0 Å². The third-order valence-electron chi connectivity index (χ3n) is 1.26. The second-order valence-corrected chi connectivity index (χ2v) is 2.18. The van der Waals surface area contributed by atoms with Crippen LogP contribution in [-0.2, 0) is 53.8 Å². The predicted octanol–water partition coefficient (Wildman–Crippen LogP) is 2.15. The zero-order valence-corrected chi connectivity index (χ0v) is 12.3. The second kappa shape index (κ2) is 6.29. The van der Waals surface area contributed by atoms with Crippen LogP contribution in [0.2, 0.25) is 0 Å². The van der Waals surface area contributed by atoms with Gasteiger partial charge in [0, 0.05) is 53.8 Å². The number of rotatable bonds is 0. The van der Waals surface area contributed by atoms with Gasteiger partial charge in [-0.15, -0.1) is 0 Å². The topological polar surface area (TPSA) is 0 Å². The van der Waals surface area contributed by atoms with Crippen molar-refractivity contribution >= 4 is 0 Å². The van der Waals surface area contributed by atoms with Crippen LogP contribution in [0.1, 0.15) is 16.7 Å². The van der Waals surface area contributed by atoms with E-state index in [1.54, 1.807) is 0 Å². The van der Waals surface area contributed by atoms with E-state index in [0.717, 1.165) is 11.1 Å². The molecule has 0 unspecified atom stereocenters. The molecule has 0 saturated carbocycles. The molecule has 0 aliphatic heterocycles. The van der Waals surface area contributed by atoms with Crippen molar-refractivity contribution in [1.29, 1.82) is 0 Å². The monoisotopic (exact) mass is 390 g/mol. The predicted molar refractivity (Wildman–Crippen MR) is 38.9 cm³/mol. The van der Waals surface area contributed by atoms with Crippen molar-refractivity contribution in [3.63, 3.8) is 0 Å². The molecule has 2 heteroatoms. The van der Waals surface area contributed by atoms with Crippen molar-refractivity contribution in [2.24, 2.45) is 0 Å². The number of benzene rings is 1. The van der Waals surface area contributed by atoms with E-state index in [1.165, 1.54) is 5.56 Å². The fourth-order valence-electron chi connectivity index (χ4n) is 0.697. The average molecular weight is 390 g/mol. The van der Waals surface area contributed by atoms with Gasteiger partial charge in [-0.3, -0.25) is 6.07 Å². The van der Waals surface area contributed by atoms with E-state index >= 15 is 0 Å². The fourth-order valence-corrected chi connectivity index (χ4v) is 0.697. The molecular weight excluding hydrogens is 381 g/mol. The Morgan fingerprint density at radius 3 is 2.27 bits per heavy atom. The summed E-state index contributed by atoms with van der Waals surface area (Å²) >= 11 is 0. The first-order chi connectivity index (χ1) is 4.20. The summed E-state index contributed by atoms with van der Waals surface area (Å²) in [5.74, 6) is 0. The van der Waals surface area contributed by atoms with E-state index in [4.69, 9.17) is 0 Å². The quantitative estimate of drug-likeness (QED) is 0.596. The van der Waals surface area contributed by atoms with Gasteiger partial charge in [0.15, 0.2) is 0 Å². The Bertz CT molecular complexity index is 221. The summed E-state index contributed by atoms with van der Waals surface area (Å²) in [7, 11) is 0. The van der Waals surface area contributed by atoms with Gasteiger partial charge >= 0.3 is 0 Å². The summed E-state index contributed by atoms with van der Waals surface area (Å²) in [6, 6.07) is 6.91. The van der Waals surface area contributed by atoms with Gasteiger partial charge in [-0.05, 0) is 0 Å². The van der Waals surface area contributed by atoms with Crippen LogP contribution in [0, 0.1) is 26.8 Å². The SMILES string of the molecule is [CH2-]c1[c-]cc(C)cc1[CH2-].[W].[Y].